The maximum atomic E-state index is 12.5. The lowest BCUT2D eigenvalue weighted by Gasteiger charge is -2.12. The zero-order chi connectivity index (χ0) is 18.0. The summed E-state index contributed by atoms with van der Waals surface area (Å²) in [6, 6.07) is 11.0. The van der Waals surface area contributed by atoms with Crippen molar-refractivity contribution in [3.05, 3.63) is 58.7 Å². The number of benzene rings is 2. The Kier molecular flexibility index (Phi) is 4.74. The summed E-state index contributed by atoms with van der Waals surface area (Å²) < 4.78 is 15.9. The van der Waals surface area contributed by atoms with Crippen molar-refractivity contribution >= 4 is 11.8 Å². The van der Waals surface area contributed by atoms with Crippen molar-refractivity contribution in [2.24, 2.45) is 0 Å². The van der Waals surface area contributed by atoms with Gasteiger partial charge in [0.2, 0.25) is 0 Å². The fourth-order valence-electron chi connectivity index (χ4n) is 3.04. The fourth-order valence-corrected chi connectivity index (χ4v) is 3.04. The molecule has 5 nitrogen and oxygen atoms in total. The van der Waals surface area contributed by atoms with Gasteiger partial charge in [0.15, 0.2) is 17.3 Å². The van der Waals surface area contributed by atoms with Crippen molar-refractivity contribution in [2.45, 2.75) is 25.9 Å². The molecule has 1 atom stereocenters. The van der Waals surface area contributed by atoms with Crippen molar-refractivity contribution in [1.82, 2.24) is 0 Å². The largest absolute Gasteiger partial charge is 0.493 e. The summed E-state index contributed by atoms with van der Waals surface area (Å²) >= 11 is 0. The first-order valence-corrected chi connectivity index (χ1v) is 8.17. The molecule has 0 aromatic heterocycles. The average molecular weight is 340 g/mol. The molecule has 0 saturated heterocycles. The van der Waals surface area contributed by atoms with Crippen LogP contribution in [-0.4, -0.2) is 26.0 Å². The molecule has 1 aliphatic rings. The molecule has 2 aromatic rings. The number of hydrogen-bond acceptors (Lipinski definition) is 5. The number of methoxy groups -OCH3 is 2. The van der Waals surface area contributed by atoms with Gasteiger partial charge in [-0.05, 0) is 18.1 Å². The van der Waals surface area contributed by atoms with E-state index in [9.17, 15) is 9.59 Å². The van der Waals surface area contributed by atoms with Crippen molar-refractivity contribution in [2.75, 3.05) is 14.2 Å². The van der Waals surface area contributed by atoms with E-state index in [4.69, 9.17) is 14.2 Å². The van der Waals surface area contributed by atoms with Crippen LogP contribution in [0.2, 0.25) is 0 Å². The molecule has 1 heterocycles. The van der Waals surface area contributed by atoms with Gasteiger partial charge in [-0.1, -0.05) is 37.3 Å². The predicted molar refractivity (Wildman–Crippen MR) is 92.5 cm³/mol. The summed E-state index contributed by atoms with van der Waals surface area (Å²) in [5, 5.41) is 0. The zero-order valence-electron chi connectivity index (χ0n) is 14.5. The summed E-state index contributed by atoms with van der Waals surface area (Å²) in [6.07, 6.45) is 0.407. The van der Waals surface area contributed by atoms with Crippen molar-refractivity contribution < 1.29 is 23.8 Å². The first-order valence-electron chi connectivity index (χ1n) is 8.17. The van der Waals surface area contributed by atoms with Crippen molar-refractivity contribution in [3.63, 3.8) is 0 Å². The molecule has 130 valence electrons. The summed E-state index contributed by atoms with van der Waals surface area (Å²) in [5.41, 5.74) is 2.77. The second-order valence-corrected chi connectivity index (χ2v) is 5.84. The molecular formula is C20H20O5. The van der Waals surface area contributed by atoms with Gasteiger partial charge in [-0.15, -0.1) is 0 Å². The first kappa shape index (κ1) is 17.0. The van der Waals surface area contributed by atoms with Crippen molar-refractivity contribution in [3.8, 4) is 11.5 Å². The van der Waals surface area contributed by atoms with Gasteiger partial charge in [-0.3, -0.25) is 4.79 Å². The molecule has 25 heavy (non-hydrogen) atoms. The average Bonchev–Trinajstić information content (AvgIpc) is 2.96. The number of carbonyl (C=O) groups is 2. The van der Waals surface area contributed by atoms with Gasteiger partial charge in [0.25, 0.3) is 0 Å². The number of ether oxygens (including phenoxy) is 3. The van der Waals surface area contributed by atoms with Crippen LogP contribution in [-0.2, 0) is 11.2 Å². The van der Waals surface area contributed by atoms with Crippen LogP contribution in [0.15, 0.2) is 36.4 Å². The number of carbonyl (C=O) groups excluding carboxylic acids is 2. The van der Waals surface area contributed by atoms with Gasteiger partial charge < -0.3 is 14.2 Å². The Hall–Kier alpha value is -2.82. The maximum absolute atomic E-state index is 12.5. The third-order valence-electron chi connectivity index (χ3n) is 4.43. The van der Waals surface area contributed by atoms with Gasteiger partial charge >= 0.3 is 5.97 Å². The third-order valence-corrected chi connectivity index (χ3v) is 4.43. The molecule has 0 N–H and O–H groups in total. The van der Waals surface area contributed by atoms with E-state index in [0.717, 1.165) is 6.42 Å². The molecule has 0 fully saturated rings. The van der Waals surface area contributed by atoms with E-state index in [1.807, 2.05) is 24.3 Å². The molecule has 0 aliphatic carbocycles. The topological polar surface area (TPSA) is 61.8 Å². The van der Waals surface area contributed by atoms with E-state index in [1.165, 1.54) is 19.8 Å². The Balaban J connectivity index is 1.86. The molecule has 0 amide bonds. The standard InChI is InChI=1S/C20H20O5/c1-4-12-5-7-13(8-6-12)15(21)11-17-14-9-10-16(23-2)19(24-3)18(14)20(22)25-17/h5-10,17H,4,11H2,1-3H3/t17-/m1/s1. The zero-order valence-corrected chi connectivity index (χ0v) is 14.5. The molecule has 0 saturated carbocycles. The SMILES string of the molecule is CCc1ccc(C(=O)C[C@H]2OC(=O)c3c2ccc(OC)c3OC)cc1. The van der Waals surface area contributed by atoms with E-state index in [0.29, 0.717) is 28.2 Å². The lowest BCUT2D eigenvalue weighted by atomic mass is 9.97. The number of rotatable bonds is 6. The minimum absolute atomic E-state index is 0.0666. The first-order chi connectivity index (χ1) is 12.1. The van der Waals surface area contributed by atoms with E-state index in [-0.39, 0.29) is 12.2 Å². The quantitative estimate of drug-likeness (QED) is 0.592. The van der Waals surface area contributed by atoms with Crippen LogP contribution in [0.1, 0.15) is 51.3 Å². The number of fused-ring (bicyclic) bond motifs is 1. The summed E-state index contributed by atoms with van der Waals surface area (Å²) in [7, 11) is 2.98. The van der Waals surface area contributed by atoms with E-state index < -0.39 is 12.1 Å². The number of ketones is 1. The minimum atomic E-state index is -0.611. The molecule has 2 aromatic carbocycles. The molecule has 3 rings (SSSR count). The smallest absolute Gasteiger partial charge is 0.343 e. The van der Waals surface area contributed by atoms with E-state index in [2.05, 4.69) is 6.92 Å². The number of hydrogen-bond donors (Lipinski definition) is 0. The highest BCUT2D eigenvalue weighted by Gasteiger charge is 2.36. The van der Waals surface area contributed by atoms with E-state index >= 15 is 0 Å². The van der Waals surface area contributed by atoms with Gasteiger partial charge in [-0.2, -0.15) is 0 Å². The van der Waals surface area contributed by atoms with Crippen LogP contribution in [0.25, 0.3) is 0 Å². The predicted octanol–water partition coefficient (Wildman–Crippen LogP) is 3.75. The lowest BCUT2D eigenvalue weighted by Crippen LogP contribution is -2.07. The Morgan fingerprint density at radius 2 is 1.80 bits per heavy atom. The number of Topliss-reactive ketones (excluding diaryl/α,β-unsaturated/α-hetero) is 1. The number of aryl methyl sites for hydroxylation is 1. The molecule has 0 radical (unpaired) electrons. The normalized spacial score (nSPS) is 15.5. The second kappa shape index (κ2) is 6.97. The molecule has 0 unspecified atom stereocenters. The van der Waals surface area contributed by atoms with Crippen LogP contribution >= 0.6 is 0 Å². The Labute approximate surface area is 146 Å². The number of cyclic esters (lactones) is 1. The van der Waals surface area contributed by atoms with Crippen LogP contribution in [0.5, 0.6) is 11.5 Å². The summed E-state index contributed by atoms with van der Waals surface area (Å²) in [4.78, 5) is 24.8. The Morgan fingerprint density at radius 1 is 1.08 bits per heavy atom. The summed E-state index contributed by atoms with van der Waals surface area (Å²) in [6.45, 7) is 2.06. The highest BCUT2D eigenvalue weighted by molar-refractivity contribution is 6.00. The molecule has 5 heteroatoms. The van der Waals surface area contributed by atoms with Gasteiger partial charge in [0, 0.05) is 11.1 Å². The van der Waals surface area contributed by atoms with Gasteiger partial charge in [0.05, 0.1) is 20.6 Å². The Bertz CT molecular complexity index is 808. The highest BCUT2D eigenvalue weighted by Crippen LogP contribution is 2.43. The van der Waals surface area contributed by atoms with Gasteiger partial charge in [-0.25, -0.2) is 4.79 Å². The van der Waals surface area contributed by atoms with Crippen LogP contribution in [0.4, 0.5) is 0 Å². The van der Waals surface area contributed by atoms with Gasteiger partial charge in [0.1, 0.15) is 11.7 Å². The van der Waals surface area contributed by atoms with Crippen molar-refractivity contribution in [1.29, 1.82) is 0 Å². The van der Waals surface area contributed by atoms with Crippen LogP contribution < -0.4 is 9.47 Å². The molecule has 0 spiro atoms. The second-order valence-electron chi connectivity index (χ2n) is 5.84. The van der Waals surface area contributed by atoms with Crippen LogP contribution in [0, 0.1) is 0 Å². The number of esters is 1. The van der Waals surface area contributed by atoms with E-state index in [1.54, 1.807) is 12.1 Å². The maximum Gasteiger partial charge on any atom is 0.343 e. The fraction of sp³-hybridized carbons (Fsp3) is 0.300. The molecular weight excluding hydrogens is 320 g/mol. The molecule has 1 aliphatic heterocycles. The Morgan fingerprint density at radius 3 is 2.40 bits per heavy atom. The monoisotopic (exact) mass is 340 g/mol. The summed E-state index contributed by atoms with van der Waals surface area (Å²) in [5.74, 6) is 0.237. The van der Waals surface area contributed by atoms with Crippen LogP contribution in [0.3, 0.4) is 0 Å². The third kappa shape index (κ3) is 3.09. The minimum Gasteiger partial charge on any atom is -0.493 e. The highest BCUT2D eigenvalue weighted by atomic mass is 16.6. The molecule has 0 bridgehead atoms. The lowest BCUT2D eigenvalue weighted by molar-refractivity contribution is 0.0365.